The van der Waals surface area contributed by atoms with Crippen molar-refractivity contribution in [1.82, 2.24) is 25.5 Å². The molecule has 0 saturated carbocycles. The first-order chi connectivity index (χ1) is 14.7. The zero-order valence-electron chi connectivity index (χ0n) is 17.0. The quantitative estimate of drug-likeness (QED) is 0.515. The van der Waals surface area contributed by atoms with Crippen LogP contribution >= 0.6 is 0 Å². The van der Waals surface area contributed by atoms with Crippen LogP contribution in [0.1, 0.15) is 24.8 Å². The van der Waals surface area contributed by atoms with Gasteiger partial charge in [0.05, 0.1) is 19.0 Å². The second kappa shape index (κ2) is 9.37. The van der Waals surface area contributed by atoms with Gasteiger partial charge in [-0.25, -0.2) is 4.98 Å². The number of benzene rings is 1. The van der Waals surface area contributed by atoms with Gasteiger partial charge >= 0.3 is 0 Å². The van der Waals surface area contributed by atoms with Gasteiger partial charge in [-0.3, -0.25) is 5.10 Å². The molecule has 8 heteroatoms. The Morgan fingerprint density at radius 1 is 1.17 bits per heavy atom. The lowest BCUT2D eigenvalue weighted by atomic mass is 9.91. The highest BCUT2D eigenvalue weighted by Gasteiger charge is 2.15. The van der Waals surface area contributed by atoms with Gasteiger partial charge in [0.1, 0.15) is 5.75 Å². The highest BCUT2D eigenvalue weighted by molar-refractivity contribution is 5.71. The first-order valence-corrected chi connectivity index (χ1v) is 10.1. The average Bonchev–Trinajstić information content (AvgIpc) is 3.27. The summed E-state index contributed by atoms with van der Waals surface area (Å²) in [5.41, 5.74) is 3.10. The fourth-order valence-electron chi connectivity index (χ4n) is 3.75. The first-order valence-electron chi connectivity index (χ1n) is 10.1. The van der Waals surface area contributed by atoms with E-state index in [-0.39, 0.29) is 5.82 Å². The molecule has 0 amide bonds. The molecule has 3 N–H and O–H groups in total. The van der Waals surface area contributed by atoms with Crippen molar-refractivity contribution >= 4 is 17.5 Å². The molecule has 154 valence electrons. The van der Waals surface area contributed by atoms with E-state index in [4.69, 9.17) is 11.3 Å². The van der Waals surface area contributed by atoms with Crippen LogP contribution in [-0.4, -0.2) is 40.4 Å². The van der Waals surface area contributed by atoms with E-state index in [0.717, 1.165) is 42.4 Å². The highest BCUT2D eigenvalue weighted by Crippen LogP contribution is 2.32. The van der Waals surface area contributed by atoms with Gasteiger partial charge in [-0.15, -0.1) is 4.98 Å². The minimum atomic E-state index is 0.258. The average molecular weight is 403 g/mol. The van der Waals surface area contributed by atoms with Crippen LogP contribution in [0.4, 0.5) is 17.5 Å². The Hall–Kier alpha value is -3.44. The molecule has 1 fully saturated rings. The maximum atomic E-state index is 6.94. The second-order valence-electron chi connectivity index (χ2n) is 7.43. The molecule has 4 rings (SSSR count). The molecule has 0 unspecified atom stereocenters. The smallest absolute Gasteiger partial charge is 0.288 e. The van der Waals surface area contributed by atoms with Crippen molar-refractivity contribution in [3.05, 3.63) is 53.6 Å². The summed E-state index contributed by atoms with van der Waals surface area (Å²) in [5.74, 6) is 3.04. The zero-order valence-corrected chi connectivity index (χ0v) is 17.0. The van der Waals surface area contributed by atoms with E-state index in [1.807, 2.05) is 6.07 Å². The summed E-state index contributed by atoms with van der Waals surface area (Å²) in [5, 5.41) is 13.9. The summed E-state index contributed by atoms with van der Waals surface area (Å²) in [6, 6.07) is 8.27. The number of aromatic nitrogens is 4. The number of methoxy groups -OCH3 is 1. The van der Waals surface area contributed by atoms with Crippen LogP contribution in [0.15, 0.2) is 36.7 Å². The third-order valence-corrected chi connectivity index (χ3v) is 5.44. The summed E-state index contributed by atoms with van der Waals surface area (Å²) < 4.78 is 5.66. The van der Waals surface area contributed by atoms with E-state index in [2.05, 4.69) is 53.8 Å². The predicted octanol–water partition coefficient (Wildman–Crippen LogP) is 4.10. The van der Waals surface area contributed by atoms with E-state index in [1.165, 1.54) is 37.2 Å². The molecule has 1 aliphatic heterocycles. The summed E-state index contributed by atoms with van der Waals surface area (Å²) in [6.07, 6.45) is 7.76. The molecule has 0 bridgehead atoms. The number of H-pyrrole nitrogens is 1. The lowest BCUT2D eigenvalue weighted by Crippen LogP contribution is -2.27. The van der Waals surface area contributed by atoms with Gasteiger partial charge in [-0.05, 0) is 62.4 Å². The third kappa shape index (κ3) is 4.75. The molecule has 0 spiro atoms. The first kappa shape index (κ1) is 19.9. The van der Waals surface area contributed by atoms with Crippen LogP contribution in [0.5, 0.6) is 5.75 Å². The number of aromatic amines is 1. The van der Waals surface area contributed by atoms with Gasteiger partial charge in [0.2, 0.25) is 0 Å². The molecule has 3 aromatic rings. The largest absolute Gasteiger partial charge is 0.496 e. The summed E-state index contributed by atoms with van der Waals surface area (Å²) in [4.78, 5) is 11.4. The summed E-state index contributed by atoms with van der Waals surface area (Å²) in [6.45, 7) is 9.21. The zero-order chi connectivity index (χ0) is 20.8. The number of nitrogens with one attached hydrogen (secondary N) is 3. The van der Waals surface area contributed by atoms with E-state index >= 15 is 0 Å². The Labute approximate surface area is 175 Å². The van der Waals surface area contributed by atoms with Gasteiger partial charge in [-0.1, -0.05) is 12.6 Å². The van der Waals surface area contributed by atoms with Crippen molar-refractivity contribution < 1.29 is 4.74 Å². The number of nitrogens with zero attached hydrogens (tertiary/aromatic N) is 4. The van der Waals surface area contributed by atoms with Crippen LogP contribution in [0.3, 0.4) is 0 Å². The lowest BCUT2D eigenvalue weighted by molar-refractivity contribution is 0.354. The third-order valence-electron chi connectivity index (χ3n) is 5.44. The van der Waals surface area contributed by atoms with Crippen molar-refractivity contribution in [2.24, 2.45) is 5.92 Å². The van der Waals surface area contributed by atoms with Crippen LogP contribution in [0.25, 0.3) is 16.1 Å². The molecular formula is C22H25N7O. The number of piperidine rings is 1. The highest BCUT2D eigenvalue weighted by atomic mass is 16.5. The Kier molecular flexibility index (Phi) is 6.20. The second-order valence-corrected chi connectivity index (χ2v) is 7.43. The number of hydrogen-bond acceptors (Lipinski definition) is 6. The van der Waals surface area contributed by atoms with Crippen molar-refractivity contribution in [3.8, 4) is 17.0 Å². The van der Waals surface area contributed by atoms with Crippen molar-refractivity contribution in [2.45, 2.75) is 25.7 Å². The Morgan fingerprint density at radius 3 is 2.77 bits per heavy atom. The summed E-state index contributed by atoms with van der Waals surface area (Å²) >= 11 is 0. The maximum Gasteiger partial charge on any atom is 0.288 e. The van der Waals surface area contributed by atoms with Crippen molar-refractivity contribution in [1.29, 1.82) is 0 Å². The summed E-state index contributed by atoms with van der Waals surface area (Å²) in [7, 11) is 1.69. The molecule has 1 aliphatic rings. The molecule has 30 heavy (non-hydrogen) atoms. The minimum absolute atomic E-state index is 0.258. The molecule has 8 nitrogen and oxygen atoms in total. The SMILES string of the molecule is [C-]#[N+]c1cnc(Nc2cc(-c3ccc(CCC4CCNCC4)cc3OC)[nH]n2)cn1. The monoisotopic (exact) mass is 403 g/mol. The number of rotatable bonds is 7. The molecular weight excluding hydrogens is 378 g/mol. The number of aryl methyl sites for hydroxylation is 1. The number of ether oxygens (including phenoxy) is 1. The number of anilines is 2. The Bertz CT molecular complexity index is 1020. The van der Waals surface area contributed by atoms with Gasteiger partial charge < -0.3 is 20.2 Å². The topological polar surface area (TPSA) is 92.1 Å². The standard InChI is InChI=1S/C22H25N7O/c1-23-21-13-26-22(14-25-21)27-20-12-18(28-29-20)17-6-5-16(11-19(17)30-2)4-3-15-7-9-24-10-8-15/h5-6,11-15,24H,3-4,7-10H2,2H3,(H2,26,27,28,29). The Morgan fingerprint density at radius 2 is 2.03 bits per heavy atom. The van der Waals surface area contributed by atoms with Crippen molar-refractivity contribution in [3.63, 3.8) is 0 Å². The fraction of sp³-hybridized carbons (Fsp3) is 0.364. The predicted molar refractivity (Wildman–Crippen MR) is 116 cm³/mol. The van der Waals surface area contributed by atoms with Gasteiger partial charge in [0, 0.05) is 11.6 Å². The lowest BCUT2D eigenvalue weighted by Gasteiger charge is -2.22. The van der Waals surface area contributed by atoms with Crippen LogP contribution in [-0.2, 0) is 6.42 Å². The molecule has 1 saturated heterocycles. The molecule has 0 atom stereocenters. The number of hydrogen-bond donors (Lipinski definition) is 3. The van der Waals surface area contributed by atoms with Gasteiger partial charge in [0.15, 0.2) is 17.8 Å². The normalized spacial score (nSPS) is 14.3. The van der Waals surface area contributed by atoms with E-state index < -0.39 is 0 Å². The van der Waals surface area contributed by atoms with Gasteiger partial charge in [-0.2, -0.15) is 5.10 Å². The van der Waals surface area contributed by atoms with Crippen LogP contribution < -0.4 is 15.4 Å². The fourth-order valence-corrected chi connectivity index (χ4v) is 3.75. The molecule has 0 radical (unpaired) electrons. The maximum absolute atomic E-state index is 6.94. The van der Waals surface area contributed by atoms with Crippen LogP contribution in [0.2, 0.25) is 0 Å². The van der Waals surface area contributed by atoms with Gasteiger partial charge in [0.25, 0.3) is 5.82 Å². The van der Waals surface area contributed by atoms with E-state index in [9.17, 15) is 0 Å². The molecule has 0 aliphatic carbocycles. The Balaban J connectivity index is 1.44. The molecule has 2 aromatic heterocycles. The molecule has 1 aromatic carbocycles. The van der Waals surface area contributed by atoms with E-state index in [1.54, 1.807) is 7.11 Å². The molecule has 3 heterocycles. The van der Waals surface area contributed by atoms with Crippen molar-refractivity contribution in [2.75, 3.05) is 25.5 Å². The minimum Gasteiger partial charge on any atom is -0.496 e. The van der Waals surface area contributed by atoms with E-state index in [0.29, 0.717) is 11.6 Å². The van der Waals surface area contributed by atoms with Crippen LogP contribution in [0, 0.1) is 12.5 Å².